The van der Waals surface area contributed by atoms with Gasteiger partial charge in [0.15, 0.2) is 5.65 Å². The number of nitrogens with zero attached hydrogens (tertiary/aromatic N) is 3. The Hall–Kier alpha value is -3.61. The molecule has 0 radical (unpaired) electrons. The van der Waals surface area contributed by atoms with E-state index in [1.807, 2.05) is 0 Å². The van der Waals surface area contributed by atoms with Crippen LogP contribution in [0.3, 0.4) is 0 Å². The highest BCUT2D eigenvalue weighted by Gasteiger charge is 2.19. The van der Waals surface area contributed by atoms with Crippen LogP contribution in [0.25, 0.3) is 28.2 Å². The van der Waals surface area contributed by atoms with Crippen molar-refractivity contribution in [2.24, 2.45) is 0 Å². The number of hydrogen-bond acceptors (Lipinski definition) is 4. The molecule has 0 aliphatic carbocycles. The average Bonchev–Trinajstić information content (AvgIpc) is 3.13. The molecule has 0 amide bonds. The third-order valence-electron chi connectivity index (χ3n) is 4.25. The van der Waals surface area contributed by atoms with E-state index in [9.17, 15) is 13.6 Å². The van der Waals surface area contributed by atoms with E-state index in [0.29, 0.717) is 28.2 Å². The number of fused-ring (bicyclic) bond motifs is 1. The molecule has 7 heteroatoms. The summed E-state index contributed by atoms with van der Waals surface area (Å²) in [5.41, 5.74) is 3.02. The summed E-state index contributed by atoms with van der Waals surface area (Å²) in [6.07, 6.45) is 1.39. The molecule has 0 fully saturated rings. The van der Waals surface area contributed by atoms with Gasteiger partial charge in [0.1, 0.15) is 17.2 Å². The van der Waals surface area contributed by atoms with Crippen molar-refractivity contribution < 1.29 is 18.3 Å². The van der Waals surface area contributed by atoms with Crippen LogP contribution in [-0.2, 0) is 4.74 Å². The van der Waals surface area contributed by atoms with Crippen LogP contribution in [-0.4, -0.2) is 27.2 Å². The predicted octanol–water partition coefficient (Wildman–Crippen LogP) is 4.52. The fourth-order valence-electron chi connectivity index (χ4n) is 2.91. The second kappa shape index (κ2) is 7.19. The second-order valence-corrected chi connectivity index (χ2v) is 6.05. The van der Waals surface area contributed by atoms with Gasteiger partial charge in [-0.2, -0.15) is 5.10 Å². The molecule has 0 aliphatic heterocycles. The van der Waals surface area contributed by atoms with Crippen molar-refractivity contribution in [1.82, 2.24) is 14.6 Å². The summed E-state index contributed by atoms with van der Waals surface area (Å²) < 4.78 is 33.3. The summed E-state index contributed by atoms with van der Waals surface area (Å²) in [5.74, 6) is -1.26. The third-order valence-corrected chi connectivity index (χ3v) is 4.25. The maximum absolute atomic E-state index is 13.4. The smallest absolute Gasteiger partial charge is 0.343 e. The normalized spacial score (nSPS) is 11.0. The zero-order valence-corrected chi connectivity index (χ0v) is 14.9. The monoisotopic (exact) mass is 379 g/mol. The van der Waals surface area contributed by atoms with Gasteiger partial charge >= 0.3 is 5.97 Å². The van der Waals surface area contributed by atoms with Gasteiger partial charge in [-0.3, -0.25) is 0 Å². The van der Waals surface area contributed by atoms with Gasteiger partial charge in [0.2, 0.25) is 0 Å². The predicted molar refractivity (Wildman–Crippen MR) is 99.7 cm³/mol. The molecule has 2 heterocycles. The van der Waals surface area contributed by atoms with Crippen molar-refractivity contribution in [2.45, 2.75) is 6.92 Å². The topological polar surface area (TPSA) is 56.5 Å². The standard InChI is InChI=1S/C21H15F2N3O2/c1-2-28-21(27)17-12-24-26-19(14-5-9-16(23)10-6-14)11-18(25-20(17)26)13-3-7-15(22)8-4-13/h3-12H,2H2,1H3. The Balaban J connectivity index is 1.97. The number of aromatic nitrogens is 3. The van der Waals surface area contributed by atoms with E-state index in [-0.39, 0.29) is 23.8 Å². The van der Waals surface area contributed by atoms with Crippen LogP contribution in [0.1, 0.15) is 17.3 Å². The molecular formula is C21H15F2N3O2. The summed E-state index contributed by atoms with van der Waals surface area (Å²) in [6, 6.07) is 13.5. The Labute approximate surface area is 159 Å². The molecule has 4 rings (SSSR count). The maximum Gasteiger partial charge on any atom is 0.343 e. The number of esters is 1. The number of halogens is 2. The summed E-state index contributed by atoms with van der Waals surface area (Å²) >= 11 is 0. The van der Waals surface area contributed by atoms with Gasteiger partial charge in [0, 0.05) is 11.1 Å². The van der Waals surface area contributed by atoms with E-state index in [1.54, 1.807) is 37.3 Å². The lowest BCUT2D eigenvalue weighted by atomic mass is 10.1. The van der Waals surface area contributed by atoms with Crippen LogP contribution in [0.5, 0.6) is 0 Å². The molecule has 0 atom stereocenters. The minimum atomic E-state index is -0.536. The Morgan fingerprint density at radius 3 is 2.21 bits per heavy atom. The molecule has 2 aromatic carbocycles. The molecule has 2 aromatic heterocycles. The molecule has 0 N–H and O–H groups in total. The van der Waals surface area contributed by atoms with E-state index in [2.05, 4.69) is 10.1 Å². The zero-order valence-electron chi connectivity index (χ0n) is 14.9. The van der Waals surface area contributed by atoms with Crippen LogP contribution in [0.4, 0.5) is 8.78 Å². The van der Waals surface area contributed by atoms with Crippen molar-refractivity contribution in [1.29, 1.82) is 0 Å². The molecule has 4 aromatic rings. The molecule has 0 saturated carbocycles. The quantitative estimate of drug-likeness (QED) is 0.489. The Morgan fingerprint density at radius 2 is 1.61 bits per heavy atom. The Kier molecular flexibility index (Phi) is 4.57. The van der Waals surface area contributed by atoms with Gasteiger partial charge in [0.05, 0.1) is 24.2 Å². The lowest BCUT2D eigenvalue weighted by Crippen LogP contribution is -2.06. The van der Waals surface area contributed by atoms with Gasteiger partial charge in [-0.05, 0) is 61.5 Å². The summed E-state index contributed by atoms with van der Waals surface area (Å²) in [4.78, 5) is 16.8. The van der Waals surface area contributed by atoms with Crippen LogP contribution >= 0.6 is 0 Å². The minimum Gasteiger partial charge on any atom is -0.462 e. The molecule has 28 heavy (non-hydrogen) atoms. The SMILES string of the molecule is CCOC(=O)c1cnn2c(-c3ccc(F)cc3)cc(-c3ccc(F)cc3)nc12. The molecule has 0 aliphatic rings. The van der Waals surface area contributed by atoms with Gasteiger partial charge < -0.3 is 4.74 Å². The van der Waals surface area contributed by atoms with Crippen LogP contribution in [0.15, 0.2) is 60.8 Å². The van der Waals surface area contributed by atoms with Crippen molar-refractivity contribution in [3.63, 3.8) is 0 Å². The molecule has 0 saturated heterocycles. The first-order chi connectivity index (χ1) is 13.6. The number of carbonyl (C=O) groups excluding carboxylic acids is 1. The summed E-state index contributed by atoms with van der Waals surface area (Å²) in [6.45, 7) is 1.93. The fraction of sp³-hybridized carbons (Fsp3) is 0.0952. The molecule has 140 valence electrons. The number of benzene rings is 2. The van der Waals surface area contributed by atoms with Gasteiger partial charge in [-0.1, -0.05) is 0 Å². The van der Waals surface area contributed by atoms with E-state index in [0.717, 1.165) is 0 Å². The second-order valence-electron chi connectivity index (χ2n) is 6.05. The van der Waals surface area contributed by atoms with Crippen LogP contribution < -0.4 is 0 Å². The third kappa shape index (κ3) is 3.22. The fourth-order valence-corrected chi connectivity index (χ4v) is 2.91. The molecule has 0 unspecified atom stereocenters. The van der Waals surface area contributed by atoms with E-state index in [1.165, 1.54) is 35.0 Å². The number of hydrogen-bond donors (Lipinski definition) is 0. The Morgan fingerprint density at radius 1 is 1.00 bits per heavy atom. The van der Waals surface area contributed by atoms with Crippen LogP contribution in [0.2, 0.25) is 0 Å². The van der Waals surface area contributed by atoms with E-state index < -0.39 is 5.97 Å². The number of carbonyl (C=O) groups is 1. The summed E-state index contributed by atoms with van der Waals surface area (Å²) in [5, 5.41) is 4.27. The van der Waals surface area contributed by atoms with Crippen molar-refractivity contribution in [3.05, 3.63) is 78.0 Å². The van der Waals surface area contributed by atoms with Gasteiger partial charge in [0.25, 0.3) is 0 Å². The molecule has 0 bridgehead atoms. The first-order valence-corrected chi connectivity index (χ1v) is 8.64. The zero-order chi connectivity index (χ0) is 19.7. The lowest BCUT2D eigenvalue weighted by Gasteiger charge is -2.09. The van der Waals surface area contributed by atoms with Crippen molar-refractivity contribution in [3.8, 4) is 22.5 Å². The highest BCUT2D eigenvalue weighted by Crippen LogP contribution is 2.28. The number of ether oxygens (including phenoxy) is 1. The molecular weight excluding hydrogens is 364 g/mol. The summed E-state index contributed by atoms with van der Waals surface area (Å²) in [7, 11) is 0. The van der Waals surface area contributed by atoms with E-state index >= 15 is 0 Å². The van der Waals surface area contributed by atoms with Crippen molar-refractivity contribution in [2.75, 3.05) is 6.61 Å². The van der Waals surface area contributed by atoms with Gasteiger partial charge in [-0.25, -0.2) is 23.1 Å². The average molecular weight is 379 g/mol. The minimum absolute atomic E-state index is 0.217. The maximum atomic E-state index is 13.4. The first-order valence-electron chi connectivity index (χ1n) is 8.64. The largest absolute Gasteiger partial charge is 0.462 e. The lowest BCUT2D eigenvalue weighted by molar-refractivity contribution is 0.0528. The molecule has 5 nitrogen and oxygen atoms in total. The van der Waals surface area contributed by atoms with Crippen molar-refractivity contribution >= 4 is 11.6 Å². The first kappa shape index (κ1) is 17.8. The highest BCUT2D eigenvalue weighted by atomic mass is 19.1. The highest BCUT2D eigenvalue weighted by molar-refractivity contribution is 5.96. The van der Waals surface area contributed by atoms with Gasteiger partial charge in [-0.15, -0.1) is 0 Å². The molecule has 0 spiro atoms. The Bertz CT molecular complexity index is 1150. The number of rotatable bonds is 4. The van der Waals surface area contributed by atoms with Crippen LogP contribution in [0, 0.1) is 11.6 Å². The van der Waals surface area contributed by atoms with E-state index in [4.69, 9.17) is 4.74 Å².